The van der Waals surface area contributed by atoms with Crippen LogP contribution >= 0.6 is 27.7 Å². The number of aryl methyl sites for hydroxylation is 1. The highest BCUT2D eigenvalue weighted by Gasteiger charge is 2.30. The van der Waals surface area contributed by atoms with Crippen molar-refractivity contribution >= 4 is 27.7 Å². The predicted octanol–water partition coefficient (Wildman–Crippen LogP) is 5.02. The van der Waals surface area contributed by atoms with Gasteiger partial charge in [0.2, 0.25) is 0 Å². The number of ether oxygens (including phenoxy) is 1. The molecule has 1 aromatic carbocycles. The van der Waals surface area contributed by atoms with Crippen LogP contribution < -0.4 is 4.74 Å². The zero-order chi connectivity index (χ0) is 13.6. The number of hydrogen-bond donors (Lipinski definition) is 0. The highest BCUT2D eigenvalue weighted by Crippen LogP contribution is 2.41. The van der Waals surface area contributed by atoms with Gasteiger partial charge in [-0.1, -0.05) is 22.0 Å². The Morgan fingerprint density at radius 2 is 2.06 bits per heavy atom. The fourth-order valence-corrected chi connectivity index (χ4v) is 2.43. The summed E-state index contributed by atoms with van der Waals surface area (Å²) in [5, 5.41) is 0.835. The van der Waals surface area contributed by atoms with Crippen LogP contribution in [0.15, 0.2) is 23.1 Å². The van der Waals surface area contributed by atoms with Crippen molar-refractivity contribution in [1.82, 2.24) is 0 Å². The normalized spacial score (nSPS) is 11.6. The van der Waals surface area contributed by atoms with E-state index in [1.165, 1.54) is 0 Å². The number of halogens is 4. The fourth-order valence-electron chi connectivity index (χ4n) is 1.46. The molecule has 0 bridgehead atoms. The first-order valence-corrected chi connectivity index (χ1v) is 7.47. The minimum Gasteiger partial charge on any atom is -0.493 e. The van der Waals surface area contributed by atoms with E-state index in [2.05, 4.69) is 15.9 Å². The van der Waals surface area contributed by atoms with Crippen LogP contribution in [0.1, 0.15) is 18.9 Å². The third-order valence-electron chi connectivity index (χ3n) is 2.13. The molecule has 0 heterocycles. The molecule has 0 radical (unpaired) electrons. The third-order valence-corrected chi connectivity index (χ3v) is 3.46. The fraction of sp³-hybridized carbons (Fsp3) is 0.500. The molecular weight excluding hydrogens is 329 g/mol. The van der Waals surface area contributed by atoms with Crippen molar-refractivity contribution in [1.29, 1.82) is 0 Å². The van der Waals surface area contributed by atoms with Gasteiger partial charge in [-0.15, -0.1) is 0 Å². The Labute approximate surface area is 117 Å². The summed E-state index contributed by atoms with van der Waals surface area (Å²) < 4.78 is 42.5. The van der Waals surface area contributed by atoms with Crippen molar-refractivity contribution in [3.8, 4) is 5.75 Å². The van der Waals surface area contributed by atoms with Crippen LogP contribution in [-0.4, -0.2) is 17.4 Å². The molecule has 0 aliphatic heterocycles. The summed E-state index contributed by atoms with van der Waals surface area (Å²) in [6.45, 7) is 2.10. The van der Waals surface area contributed by atoms with Gasteiger partial charge in [-0.2, -0.15) is 13.2 Å². The number of hydrogen-bond acceptors (Lipinski definition) is 2. The predicted molar refractivity (Wildman–Crippen MR) is 71.6 cm³/mol. The van der Waals surface area contributed by atoms with Crippen LogP contribution in [0.3, 0.4) is 0 Å². The molecule has 0 aliphatic rings. The molecule has 0 fully saturated rings. The molecule has 0 spiro atoms. The molecular formula is C12H14BrF3OS. The lowest BCUT2D eigenvalue weighted by atomic mass is 10.1. The topological polar surface area (TPSA) is 9.23 Å². The van der Waals surface area contributed by atoms with Crippen molar-refractivity contribution < 1.29 is 17.9 Å². The van der Waals surface area contributed by atoms with E-state index >= 15 is 0 Å². The second-order valence-electron chi connectivity index (χ2n) is 3.55. The maximum absolute atomic E-state index is 12.4. The van der Waals surface area contributed by atoms with Gasteiger partial charge in [0.1, 0.15) is 5.75 Å². The Bertz CT molecular complexity index is 382. The molecule has 18 heavy (non-hydrogen) atoms. The number of rotatable bonds is 6. The van der Waals surface area contributed by atoms with E-state index < -0.39 is 5.51 Å². The molecule has 0 atom stereocenters. The molecule has 0 unspecified atom stereocenters. The maximum atomic E-state index is 12.4. The summed E-state index contributed by atoms with van der Waals surface area (Å²) in [4.78, 5) is 0.136. The van der Waals surface area contributed by atoms with Crippen LogP contribution in [0, 0.1) is 0 Å². The van der Waals surface area contributed by atoms with Crippen molar-refractivity contribution in [3.63, 3.8) is 0 Å². The van der Waals surface area contributed by atoms with Crippen LogP contribution in [0.4, 0.5) is 13.2 Å². The van der Waals surface area contributed by atoms with E-state index in [0.717, 1.165) is 23.7 Å². The van der Waals surface area contributed by atoms with Gasteiger partial charge in [0.25, 0.3) is 0 Å². The van der Waals surface area contributed by atoms with Gasteiger partial charge in [0, 0.05) is 5.33 Å². The van der Waals surface area contributed by atoms with Crippen LogP contribution in [0.2, 0.25) is 0 Å². The Morgan fingerprint density at radius 3 is 2.61 bits per heavy atom. The summed E-state index contributed by atoms with van der Waals surface area (Å²) in [6.07, 6.45) is 1.65. The molecule has 1 aromatic rings. The Balaban J connectivity index is 2.92. The molecule has 1 nitrogen and oxygen atoms in total. The van der Waals surface area contributed by atoms with E-state index in [1.807, 2.05) is 6.07 Å². The quantitative estimate of drug-likeness (QED) is 0.530. The summed E-state index contributed by atoms with van der Waals surface area (Å²) >= 11 is 3.18. The second kappa shape index (κ2) is 7.28. The van der Waals surface area contributed by atoms with Gasteiger partial charge in [0.15, 0.2) is 0 Å². The zero-order valence-electron chi connectivity index (χ0n) is 9.89. The van der Waals surface area contributed by atoms with Crippen molar-refractivity contribution in [3.05, 3.63) is 23.8 Å². The second-order valence-corrected chi connectivity index (χ2v) is 5.45. The highest BCUT2D eigenvalue weighted by molar-refractivity contribution is 9.09. The zero-order valence-corrected chi connectivity index (χ0v) is 12.3. The van der Waals surface area contributed by atoms with Crippen molar-refractivity contribution in [2.75, 3.05) is 11.9 Å². The molecule has 1 rings (SSSR count). The largest absolute Gasteiger partial charge is 0.493 e. The lowest BCUT2D eigenvalue weighted by Gasteiger charge is -2.13. The molecule has 0 N–H and O–H groups in total. The third kappa shape index (κ3) is 5.52. The van der Waals surface area contributed by atoms with Crippen LogP contribution in [0.25, 0.3) is 0 Å². The number of thioether (sulfide) groups is 1. The standard InChI is InChI=1S/C12H14BrF3OS/c1-2-17-10-6-5-9(4-3-7-13)8-11(10)18-12(14,15)16/h5-6,8H,2-4,7H2,1H3. The molecule has 6 heteroatoms. The Morgan fingerprint density at radius 1 is 1.33 bits per heavy atom. The van der Waals surface area contributed by atoms with Crippen LogP contribution in [-0.2, 0) is 6.42 Å². The smallest absolute Gasteiger partial charge is 0.446 e. The lowest BCUT2D eigenvalue weighted by molar-refractivity contribution is -0.0329. The summed E-state index contributed by atoms with van der Waals surface area (Å²) in [7, 11) is 0. The molecule has 102 valence electrons. The van der Waals surface area contributed by atoms with Crippen molar-refractivity contribution in [2.24, 2.45) is 0 Å². The number of benzene rings is 1. The molecule has 0 aromatic heterocycles. The van der Waals surface area contributed by atoms with Gasteiger partial charge >= 0.3 is 5.51 Å². The van der Waals surface area contributed by atoms with Gasteiger partial charge < -0.3 is 4.74 Å². The first kappa shape index (κ1) is 15.7. The number of alkyl halides is 4. The Kier molecular flexibility index (Phi) is 6.35. The SMILES string of the molecule is CCOc1ccc(CCCBr)cc1SC(F)(F)F. The van der Waals surface area contributed by atoms with Crippen LogP contribution in [0.5, 0.6) is 5.75 Å². The average Bonchev–Trinajstić information content (AvgIpc) is 2.27. The molecule has 0 saturated heterocycles. The van der Waals surface area contributed by atoms with E-state index in [0.29, 0.717) is 12.4 Å². The minimum atomic E-state index is -4.29. The average molecular weight is 343 g/mol. The highest BCUT2D eigenvalue weighted by atomic mass is 79.9. The molecule has 0 aliphatic carbocycles. The van der Waals surface area contributed by atoms with Gasteiger partial charge in [-0.05, 0) is 49.2 Å². The van der Waals surface area contributed by atoms with Gasteiger partial charge in [-0.3, -0.25) is 0 Å². The van der Waals surface area contributed by atoms with E-state index in [9.17, 15) is 13.2 Å². The monoisotopic (exact) mass is 342 g/mol. The summed E-state index contributed by atoms with van der Waals surface area (Å²) in [5.41, 5.74) is -3.40. The van der Waals surface area contributed by atoms with E-state index in [1.54, 1.807) is 19.1 Å². The molecule has 0 saturated carbocycles. The summed E-state index contributed by atoms with van der Waals surface area (Å²) in [5.74, 6) is 0.294. The van der Waals surface area contributed by atoms with E-state index in [4.69, 9.17) is 4.74 Å². The Hall–Kier alpha value is -0.360. The summed E-state index contributed by atoms with van der Waals surface area (Å²) in [6, 6.07) is 4.99. The lowest BCUT2D eigenvalue weighted by Crippen LogP contribution is -2.02. The van der Waals surface area contributed by atoms with E-state index in [-0.39, 0.29) is 16.7 Å². The molecule has 0 amide bonds. The first-order chi connectivity index (χ1) is 8.46. The minimum absolute atomic E-state index is 0.122. The maximum Gasteiger partial charge on any atom is 0.446 e. The van der Waals surface area contributed by atoms with Gasteiger partial charge in [0.05, 0.1) is 11.5 Å². The van der Waals surface area contributed by atoms with Crippen molar-refractivity contribution in [2.45, 2.75) is 30.2 Å². The first-order valence-electron chi connectivity index (χ1n) is 5.53. The van der Waals surface area contributed by atoms with Gasteiger partial charge in [-0.25, -0.2) is 0 Å².